The zero-order chi connectivity index (χ0) is 22.0. The van der Waals surface area contributed by atoms with Crippen molar-refractivity contribution in [2.45, 2.75) is 18.2 Å². The van der Waals surface area contributed by atoms with E-state index in [0.29, 0.717) is 49.1 Å². The van der Waals surface area contributed by atoms with Gasteiger partial charge in [0, 0.05) is 38.5 Å². The van der Waals surface area contributed by atoms with E-state index in [4.69, 9.17) is 0 Å². The molecule has 0 unspecified atom stereocenters. The van der Waals surface area contributed by atoms with Gasteiger partial charge in [0.2, 0.25) is 0 Å². The SMILES string of the molecule is CCNC(=NCCc1ccc(S(C)(=O)=O)cc1)NCCNc1ccccc1[N+](=O)[O-]. The third kappa shape index (κ3) is 7.36. The number of hydrogen-bond donors (Lipinski definition) is 3. The van der Waals surface area contributed by atoms with Crippen LogP contribution in [0.25, 0.3) is 0 Å². The molecule has 0 saturated heterocycles. The number of nitrogens with zero attached hydrogens (tertiary/aromatic N) is 2. The largest absolute Gasteiger partial charge is 0.378 e. The Labute approximate surface area is 176 Å². The fraction of sp³-hybridized carbons (Fsp3) is 0.350. The molecule has 0 bridgehead atoms. The quantitative estimate of drug-likeness (QED) is 0.172. The zero-order valence-corrected chi connectivity index (χ0v) is 17.9. The molecule has 0 saturated carbocycles. The third-order valence-electron chi connectivity index (χ3n) is 4.20. The summed E-state index contributed by atoms with van der Waals surface area (Å²) in [5, 5.41) is 20.4. The van der Waals surface area contributed by atoms with Gasteiger partial charge in [0.05, 0.1) is 9.82 Å². The topological polar surface area (TPSA) is 126 Å². The molecule has 2 rings (SSSR count). The minimum Gasteiger partial charge on any atom is -0.378 e. The van der Waals surface area contributed by atoms with Crippen LogP contribution in [0, 0.1) is 10.1 Å². The predicted octanol–water partition coefficient (Wildman–Crippen LogP) is 2.21. The highest BCUT2D eigenvalue weighted by Crippen LogP contribution is 2.22. The Morgan fingerprint density at radius 3 is 2.40 bits per heavy atom. The molecule has 0 fully saturated rings. The summed E-state index contributed by atoms with van der Waals surface area (Å²) in [4.78, 5) is 15.4. The van der Waals surface area contributed by atoms with Crippen molar-refractivity contribution in [3.8, 4) is 0 Å². The molecule has 162 valence electrons. The molecule has 30 heavy (non-hydrogen) atoms. The van der Waals surface area contributed by atoms with Gasteiger partial charge in [0.25, 0.3) is 5.69 Å². The molecule has 0 aliphatic heterocycles. The molecule has 2 aromatic rings. The van der Waals surface area contributed by atoms with Crippen molar-refractivity contribution in [2.24, 2.45) is 4.99 Å². The Balaban J connectivity index is 1.84. The Hall–Kier alpha value is -3.14. The summed E-state index contributed by atoms with van der Waals surface area (Å²) >= 11 is 0. The zero-order valence-electron chi connectivity index (χ0n) is 17.1. The summed E-state index contributed by atoms with van der Waals surface area (Å²) in [5.74, 6) is 0.648. The summed E-state index contributed by atoms with van der Waals surface area (Å²) in [6.07, 6.45) is 1.86. The average molecular weight is 434 g/mol. The number of anilines is 1. The molecule has 0 aromatic heterocycles. The van der Waals surface area contributed by atoms with Gasteiger partial charge >= 0.3 is 0 Å². The van der Waals surface area contributed by atoms with Gasteiger partial charge in [-0.05, 0) is 37.1 Å². The van der Waals surface area contributed by atoms with E-state index in [1.165, 1.54) is 12.3 Å². The van der Waals surface area contributed by atoms with Crippen LogP contribution < -0.4 is 16.0 Å². The van der Waals surface area contributed by atoms with Gasteiger partial charge in [0.1, 0.15) is 5.69 Å². The van der Waals surface area contributed by atoms with Gasteiger partial charge in [0.15, 0.2) is 15.8 Å². The second kappa shape index (κ2) is 11.1. The molecule has 0 aliphatic carbocycles. The highest BCUT2D eigenvalue weighted by molar-refractivity contribution is 7.90. The number of sulfone groups is 1. The molecule has 9 nitrogen and oxygen atoms in total. The van der Waals surface area contributed by atoms with Crippen LogP contribution in [0.3, 0.4) is 0 Å². The summed E-state index contributed by atoms with van der Waals surface area (Å²) < 4.78 is 23.0. The lowest BCUT2D eigenvalue weighted by molar-refractivity contribution is -0.384. The Morgan fingerprint density at radius 2 is 1.77 bits per heavy atom. The fourth-order valence-corrected chi connectivity index (χ4v) is 3.33. The van der Waals surface area contributed by atoms with E-state index in [9.17, 15) is 18.5 Å². The molecular formula is C20H27N5O4S. The number of aliphatic imine (C=N–C) groups is 1. The first kappa shape index (κ1) is 23.1. The minimum atomic E-state index is -3.19. The van der Waals surface area contributed by atoms with Gasteiger partial charge in [-0.3, -0.25) is 15.1 Å². The fourth-order valence-electron chi connectivity index (χ4n) is 2.70. The van der Waals surface area contributed by atoms with Gasteiger partial charge in [-0.1, -0.05) is 24.3 Å². The molecule has 0 atom stereocenters. The molecule has 2 aromatic carbocycles. The van der Waals surface area contributed by atoms with Crippen LogP contribution in [0.4, 0.5) is 11.4 Å². The van der Waals surface area contributed by atoms with E-state index < -0.39 is 14.8 Å². The van der Waals surface area contributed by atoms with Crippen LogP contribution in [0.5, 0.6) is 0 Å². The lowest BCUT2D eigenvalue weighted by Gasteiger charge is -2.12. The van der Waals surface area contributed by atoms with E-state index in [1.807, 2.05) is 6.92 Å². The molecule has 10 heteroatoms. The van der Waals surface area contributed by atoms with Crippen LogP contribution in [-0.4, -0.2) is 51.7 Å². The van der Waals surface area contributed by atoms with Crippen molar-refractivity contribution >= 4 is 27.2 Å². The Kier molecular flexibility index (Phi) is 8.60. The number of nitro benzene ring substituents is 1. The number of nitro groups is 1. The van der Waals surface area contributed by atoms with Gasteiger partial charge in [-0.15, -0.1) is 0 Å². The highest BCUT2D eigenvalue weighted by Gasteiger charge is 2.11. The molecular weight excluding hydrogens is 406 g/mol. The van der Waals surface area contributed by atoms with Gasteiger partial charge in [-0.25, -0.2) is 8.42 Å². The predicted molar refractivity (Wildman–Crippen MR) is 119 cm³/mol. The van der Waals surface area contributed by atoms with Crippen molar-refractivity contribution < 1.29 is 13.3 Å². The van der Waals surface area contributed by atoms with E-state index in [-0.39, 0.29) is 5.69 Å². The van der Waals surface area contributed by atoms with Crippen molar-refractivity contribution in [2.75, 3.05) is 37.8 Å². The normalized spacial score (nSPS) is 11.7. The van der Waals surface area contributed by atoms with E-state index in [0.717, 1.165) is 5.56 Å². The molecule has 0 heterocycles. The number of benzene rings is 2. The highest BCUT2D eigenvalue weighted by atomic mass is 32.2. The maximum Gasteiger partial charge on any atom is 0.292 e. The minimum absolute atomic E-state index is 0.0416. The second-order valence-corrected chi connectivity index (χ2v) is 8.57. The molecule has 0 radical (unpaired) electrons. The van der Waals surface area contributed by atoms with Crippen molar-refractivity contribution in [3.63, 3.8) is 0 Å². The van der Waals surface area contributed by atoms with Crippen LogP contribution in [-0.2, 0) is 16.3 Å². The van der Waals surface area contributed by atoms with E-state index in [1.54, 1.807) is 42.5 Å². The lowest BCUT2D eigenvalue weighted by Crippen LogP contribution is -2.39. The maximum absolute atomic E-state index is 11.5. The summed E-state index contributed by atoms with van der Waals surface area (Å²) in [7, 11) is -3.19. The lowest BCUT2D eigenvalue weighted by atomic mass is 10.1. The van der Waals surface area contributed by atoms with Crippen LogP contribution in [0.1, 0.15) is 12.5 Å². The Morgan fingerprint density at radius 1 is 1.07 bits per heavy atom. The number of hydrogen-bond acceptors (Lipinski definition) is 6. The van der Waals surface area contributed by atoms with Crippen LogP contribution in [0.2, 0.25) is 0 Å². The summed E-state index contributed by atoms with van der Waals surface area (Å²) in [6.45, 7) is 4.22. The average Bonchev–Trinajstić information content (AvgIpc) is 2.71. The first-order chi connectivity index (χ1) is 14.3. The van der Waals surface area contributed by atoms with Crippen molar-refractivity contribution in [1.82, 2.24) is 10.6 Å². The van der Waals surface area contributed by atoms with E-state index >= 15 is 0 Å². The molecule has 3 N–H and O–H groups in total. The van der Waals surface area contributed by atoms with Crippen LogP contribution >= 0.6 is 0 Å². The van der Waals surface area contributed by atoms with Crippen molar-refractivity contribution in [3.05, 3.63) is 64.2 Å². The first-order valence-corrected chi connectivity index (χ1v) is 11.5. The smallest absolute Gasteiger partial charge is 0.292 e. The third-order valence-corrected chi connectivity index (χ3v) is 5.33. The number of nitrogens with one attached hydrogen (secondary N) is 3. The number of para-hydroxylation sites is 2. The van der Waals surface area contributed by atoms with E-state index in [2.05, 4.69) is 20.9 Å². The van der Waals surface area contributed by atoms with Gasteiger partial charge in [-0.2, -0.15) is 0 Å². The monoisotopic (exact) mass is 433 g/mol. The maximum atomic E-state index is 11.5. The number of rotatable bonds is 10. The summed E-state index contributed by atoms with van der Waals surface area (Å²) in [6, 6.07) is 13.3. The van der Waals surface area contributed by atoms with Crippen molar-refractivity contribution in [1.29, 1.82) is 0 Å². The standard InChI is InChI=1S/C20H27N5O4S/c1-3-21-20(23-13-12-16-8-10-17(11-9-16)30(2,28)29)24-15-14-22-18-6-4-5-7-19(18)25(26)27/h4-11,22H,3,12-15H2,1-2H3,(H2,21,23,24). The molecule has 0 aliphatic rings. The molecule has 0 spiro atoms. The van der Waals surface area contributed by atoms with Crippen LogP contribution in [0.15, 0.2) is 58.4 Å². The first-order valence-electron chi connectivity index (χ1n) is 9.59. The van der Waals surface area contributed by atoms with Gasteiger partial charge < -0.3 is 16.0 Å². The Bertz CT molecular complexity index is 975. The summed E-state index contributed by atoms with van der Waals surface area (Å²) in [5.41, 5.74) is 1.52. The second-order valence-electron chi connectivity index (χ2n) is 6.55. The number of guanidine groups is 1. The molecule has 0 amide bonds.